The molecule has 0 saturated heterocycles. The maximum atomic E-state index is 13.2. The minimum atomic E-state index is -0.296. The predicted octanol–water partition coefficient (Wildman–Crippen LogP) is 5.17. The van der Waals surface area contributed by atoms with Crippen LogP contribution in [0.15, 0.2) is 53.1 Å². The first-order chi connectivity index (χ1) is 13.9. The molecule has 1 N–H and O–H groups in total. The number of amides is 1. The molecular weight excluding hydrogens is 369 g/mol. The molecule has 148 valence electrons. The molecule has 4 aromatic rings. The number of hydrogen-bond donors (Lipinski definition) is 1. The molecule has 2 aromatic heterocycles. The third-order valence-electron chi connectivity index (χ3n) is 5.30. The van der Waals surface area contributed by atoms with Gasteiger partial charge >= 0.3 is 0 Å². The fourth-order valence-corrected chi connectivity index (χ4v) is 3.63. The molecule has 4 rings (SSSR count). The normalized spacial score (nSPS) is 12.3. The van der Waals surface area contributed by atoms with Gasteiger partial charge in [-0.1, -0.05) is 18.2 Å². The van der Waals surface area contributed by atoms with Crippen molar-refractivity contribution in [3.63, 3.8) is 0 Å². The number of hydrogen-bond acceptors (Lipinski definition) is 3. The van der Waals surface area contributed by atoms with E-state index in [0.717, 1.165) is 39.0 Å². The van der Waals surface area contributed by atoms with Crippen LogP contribution in [0, 0.1) is 26.6 Å². The smallest absolute Gasteiger partial charge is 0.287 e. The van der Waals surface area contributed by atoms with Crippen molar-refractivity contribution < 1.29 is 13.6 Å². The molecular formula is C23H22FN3O2. The van der Waals surface area contributed by atoms with Gasteiger partial charge in [-0.05, 0) is 57.5 Å². The number of rotatable bonds is 4. The molecule has 6 heteroatoms. The van der Waals surface area contributed by atoms with Crippen molar-refractivity contribution in [1.82, 2.24) is 15.1 Å². The number of halogens is 1. The fourth-order valence-electron chi connectivity index (χ4n) is 3.63. The van der Waals surface area contributed by atoms with Gasteiger partial charge in [0.2, 0.25) is 0 Å². The first-order valence-corrected chi connectivity index (χ1v) is 9.47. The summed E-state index contributed by atoms with van der Waals surface area (Å²) >= 11 is 0. The topological polar surface area (TPSA) is 60.1 Å². The Bertz CT molecular complexity index is 1210. The quantitative estimate of drug-likeness (QED) is 0.522. The first-order valence-electron chi connectivity index (χ1n) is 9.47. The Morgan fingerprint density at radius 2 is 1.86 bits per heavy atom. The highest BCUT2D eigenvalue weighted by Gasteiger charge is 2.22. The maximum Gasteiger partial charge on any atom is 0.287 e. The number of nitrogens with one attached hydrogen (secondary N) is 1. The van der Waals surface area contributed by atoms with E-state index in [1.54, 1.807) is 23.0 Å². The van der Waals surface area contributed by atoms with E-state index in [1.807, 2.05) is 45.9 Å². The van der Waals surface area contributed by atoms with Crippen molar-refractivity contribution in [3.8, 4) is 5.69 Å². The highest BCUT2D eigenvalue weighted by atomic mass is 19.1. The van der Waals surface area contributed by atoms with Crippen LogP contribution >= 0.6 is 0 Å². The Labute approximate surface area is 168 Å². The number of carbonyl (C=O) groups excluding carboxylic acids is 1. The Kier molecular flexibility index (Phi) is 4.70. The van der Waals surface area contributed by atoms with Crippen molar-refractivity contribution in [3.05, 3.63) is 82.6 Å². The number of aryl methyl sites for hydroxylation is 2. The average molecular weight is 391 g/mol. The van der Waals surface area contributed by atoms with Crippen LogP contribution in [-0.4, -0.2) is 15.7 Å². The van der Waals surface area contributed by atoms with Gasteiger partial charge in [0.05, 0.1) is 17.9 Å². The molecule has 2 heterocycles. The van der Waals surface area contributed by atoms with Crippen LogP contribution < -0.4 is 5.32 Å². The molecule has 29 heavy (non-hydrogen) atoms. The third-order valence-corrected chi connectivity index (χ3v) is 5.30. The number of carbonyl (C=O) groups is 1. The van der Waals surface area contributed by atoms with Crippen LogP contribution in [0.3, 0.4) is 0 Å². The van der Waals surface area contributed by atoms with Crippen LogP contribution in [0.4, 0.5) is 4.39 Å². The lowest BCUT2D eigenvalue weighted by atomic mass is 10.1. The number of fused-ring (bicyclic) bond motifs is 1. The van der Waals surface area contributed by atoms with Crippen molar-refractivity contribution in [1.29, 1.82) is 0 Å². The minimum absolute atomic E-state index is 0.264. The largest absolute Gasteiger partial charge is 0.450 e. The highest BCUT2D eigenvalue weighted by molar-refractivity contribution is 5.99. The van der Waals surface area contributed by atoms with Gasteiger partial charge in [0, 0.05) is 22.2 Å². The van der Waals surface area contributed by atoms with Gasteiger partial charge in [-0.3, -0.25) is 4.79 Å². The van der Waals surface area contributed by atoms with E-state index in [4.69, 9.17) is 4.42 Å². The molecule has 1 unspecified atom stereocenters. The summed E-state index contributed by atoms with van der Waals surface area (Å²) in [5.74, 6) is -0.236. The Hall–Kier alpha value is -3.41. The molecule has 0 bridgehead atoms. The summed E-state index contributed by atoms with van der Waals surface area (Å²) in [6.45, 7) is 7.68. The zero-order chi connectivity index (χ0) is 20.7. The van der Waals surface area contributed by atoms with Crippen molar-refractivity contribution in [2.24, 2.45) is 0 Å². The molecule has 0 aliphatic rings. The summed E-state index contributed by atoms with van der Waals surface area (Å²) in [7, 11) is 0. The van der Waals surface area contributed by atoms with Gasteiger partial charge in [-0.25, -0.2) is 9.07 Å². The van der Waals surface area contributed by atoms with E-state index in [2.05, 4.69) is 10.4 Å². The number of para-hydroxylation sites is 1. The second-order valence-corrected chi connectivity index (χ2v) is 7.28. The van der Waals surface area contributed by atoms with Crippen LogP contribution in [0.5, 0.6) is 0 Å². The number of aromatic nitrogens is 2. The average Bonchev–Trinajstić information content (AvgIpc) is 3.24. The summed E-state index contributed by atoms with van der Waals surface area (Å²) in [6, 6.07) is 11.7. The number of furan rings is 1. The Morgan fingerprint density at radius 3 is 2.55 bits per heavy atom. The fraction of sp³-hybridized carbons (Fsp3) is 0.217. The summed E-state index contributed by atoms with van der Waals surface area (Å²) in [5, 5.41) is 8.35. The molecule has 0 radical (unpaired) electrons. The van der Waals surface area contributed by atoms with Crippen LogP contribution in [-0.2, 0) is 0 Å². The summed E-state index contributed by atoms with van der Waals surface area (Å²) < 4.78 is 20.8. The Morgan fingerprint density at radius 1 is 1.14 bits per heavy atom. The molecule has 0 aliphatic carbocycles. The highest BCUT2D eigenvalue weighted by Crippen LogP contribution is 2.28. The van der Waals surface area contributed by atoms with Gasteiger partial charge < -0.3 is 9.73 Å². The van der Waals surface area contributed by atoms with E-state index >= 15 is 0 Å². The SMILES string of the molecule is Cc1c(C(=O)NC(C)c2cnn(-c3ccc(F)cc3)c2C)oc2c(C)cccc12. The van der Waals surface area contributed by atoms with Gasteiger partial charge in [-0.2, -0.15) is 5.10 Å². The third kappa shape index (κ3) is 3.31. The van der Waals surface area contributed by atoms with Crippen LogP contribution in [0.1, 0.15) is 45.9 Å². The second-order valence-electron chi connectivity index (χ2n) is 7.28. The van der Waals surface area contributed by atoms with E-state index in [9.17, 15) is 9.18 Å². The molecule has 0 spiro atoms. The Balaban J connectivity index is 1.59. The summed E-state index contributed by atoms with van der Waals surface area (Å²) in [6.07, 6.45) is 1.72. The van der Waals surface area contributed by atoms with Gasteiger partial charge in [0.1, 0.15) is 11.4 Å². The first kappa shape index (κ1) is 18.9. The molecule has 0 aliphatic heterocycles. The lowest BCUT2D eigenvalue weighted by molar-refractivity contribution is 0.0913. The molecule has 0 fully saturated rings. The lowest BCUT2D eigenvalue weighted by Gasteiger charge is -2.13. The van der Waals surface area contributed by atoms with E-state index in [0.29, 0.717) is 5.76 Å². The number of nitrogens with zero attached hydrogens (tertiary/aromatic N) is 2. The molecule has 5 nitrogen and oxygen atoms in total. The molecule has 1 amide bonds. The second kappa shape index (κ2) is 7.20. The molecule has 0 saturated carbocycles. The van der Waals surface area contributed by atoms with Gasteiger partial charge in [0.15, 0.2) is 5.76 Å². The van der Waals surface area contributed by atoms with Gasteiger partial charge in [-0.15, -0.1) is 0 Å². The standard InChI is InChI=1S/C23H22FN3O2/c1-13-6-5-7-19-14(2)22(29-21(13)19)23(28)26-15(3)20-12-25-27(16(20)4)18-10-8-17(24)9-11-18/h5-12,15H,1-4H3,(H,26,28). The van der Waals surface area contributed by atoms with Gasteiger partial charge in [0.25, 0.3) is 5.91 Å². The van der Waals surface area contributed by atoms with Crippen molar-refractivity contribution in [2.75, 3.05) is 0 Å². The zero-order valence-corrected chi connectivity index (χ0v) is 16.8. The monoisotopic (exact) mass is 391 g/mol. The van der Waals surface area contributed by atoms with Crippen molar-refractivity contribution in [2.45, 2.75) is 33.7 Å². The maximum absolute atomic E-state index is 13.2. The van der Waals surface area contributed by atoms with E-state index in [-0.39, 0.29) is 17.8 Å². The van der Waals surface area contributed by atoms with Crippen LogP contribution in [0.25, 0.3) is 16.7 Å². The van der Waals surface area contributed by atoms with E-state index in [1.165, 1.54) is 12.1 Å². The zero-order valence-electron chi connectivity index (χ0n) is 16.8. The molecule has 1 atom stereocenters. The predicted molar refractivity (Wildman–Crippen MR) is 110 cm³/mol. The summed E-state index contributed by atoms with van der Waals surface area (Å²) in [4.78, 5) is 12.9. The molecule has 2 aromatic carbocycles. The minimum Gasteiger partial charge on any atom is -0.450 e. The number of benzene rings is 2. The van der Waals surface area contributed by atoms with Crippen LogP contribution in [0.2, 0.25) is 0 Å². The van der Waals surface area contributed by atoms with E-state index < -0.39 is 0 Å². The lowest BCUT2D eigenvalue weighted by Crippen LogP contribution is -2.27. The summed E-state index contributed by atoms with van der Waals surface area (Å²) in [5.41, 5.74) is 5.08. The van der Waals surface area contributed by atoms with Crippen molar-refractivity contribution >= 4 is 16.9 Å².